The molecule has 33 heavy (non-hydrogen) atoms. The number of anilines is 1. The third-order valence-corrected chi connectivity index (χ3v) is 10.0. The molecule has 1 amide bonds. The summed E-state index contributed by atoms with van der Waals surface area (Å²) in [5, 5.41) is 2.91. The van der Waals surface area contributed by atoms with E-state index in [4.69, 9.17) is 9.47 Å². The average Bonchev–Trinajstić information content (AvgIpc) is 3.52. The first kappa shape index (κ1) is 23.9. The molecule has 2 atom stereocenters. The van der Waals surface area contributed by atoms with Crippen LogP contribution in [0.4, 0.5) is 10.1 Å². The van der Waals surface area contributed by atoms with E-state index in [9.17, 15) is 9.18 Å². The van der Waals surface area contributed by atoms with Gasteiger partial charge in [0, 0.05) is 40.3 Å². The Morgan fingerprint density at radius 3 is 2.82 bits per heavy atom. The Morgan fingerprint density at radius 2 is 2.15 bits per heavy atom. The van der Waals surface area contributed by atoms with E-state index >= 15 is 0 Å². The van der Waals surface area contributed by atoms with E-state index in [1.165, 1.54) is 12.1 Å². The molecular weight excluding hydrogens is 453 g/mol. The van der Waals surface area contributed by atoms with Crippen molar-refractivity contribution in [2.24, 2.45) is 0 Å². The van der Waals surface area contributed by atoms with Crippen molar-refractivity contribution in [2.75, 3.05) is 25.1 Å². The van der Waals surface area contributed by atoms with Crippen molar-refractivity contribution >= 4 is 29.7 Å². The van der Waals surface area contributed by atoms with E-state index in [-0.39, 0.29) is 23.1 Å². The summed E-state index contributed by atoms with van der Waals surface area (Å²) >= 11 is 0. The second kappa shape index (κ2) is 9.19. The van der Waals surface area contributed by atoms with E-state index in [0.717, 1.165) is 37.2 Å². The zero-order chi connectivity index (χ0) is 23.8. The largest absolute Gasteiger partial charge is 0.496 e. The number of halogens is 1. The maximum Gasteiger partial charge on any atom is 0.270 e. The number of nitrogens with one attached hydrogen (secondary N) is 1. The number of hydrogen-bond acceptors (Lipinski definition) is 5. The minimum atomic E-state index is -0.876. The van der Waals surface area contributed by atoms with Crippen LogP contribution in [-0.4, -0.2) is 66.0 Å². The predicted molar refractivity (Wildman–Crippen MR) is 129 cm³/mol. The summed E-state index contributed by atoms with van der Waals surface area (Å²) < 4.78 is 25.4. The number of morpholine rings is 1. The molecule has 174 valence electrons. The molecule has 1 aromatic carbocycles. The van der Waals surface area contributed by atoms with Crippen molar-refractivity contribution in [3.05, 3.63) is 53.6 Å². The molecule has 2 aromatic rings. The number of amides is 1. The molecular formula is C24H30FN3O3Si2. The van der Waals surface area contributed by atoms with Gasteiger partial charge in [0.15, 0.2) is 0 Å². The zero-order valence-electron chi connectivity index (χ0n) is 19.6. The van der Waals surface area contributed by atoms with E-state index in [2.05, 4.69) is 45.4 Å². The number of carbonyl (C=O) groups is 1. The molecule has 6 nitrogen and oxygen atoms in total. The highest BCUT2D eigenvalue weighted by atomic mass is 29.1. The minimum absolute atomic E-state index is 0.0847. The van der Waals surface area contributed by atoms with E-state index < -0.39 is 13.9 Å². The Labute approximate surface area is 199 Å². The Hall–Kier alpha value is -2.24. The van der Waals surface area contributed by atoms with E-state index in [1.807, 2.05) is 12.1 Å². The fourth-order valence-corrected chi connectivity index (χ4v) is 5.67. The molecule has 1 N–H and O–H groups in total. The monoisotopic (exact) mass is 483 g/mol. The van der Waals surface area contributed by atoms with Gasteiger partial charge in [0.1, 0.15) is 17.3 Å². The molecule has 2 fully saturated rings. The number of nitrogens with zero attached hydrogens (tertiary/aromatic N) is 2. The third kappa shape index (κ3) is 5.30. The van der Waals surface area contributed by atoms with Gasteiger partial charge >= 0.3 is 0 Å². The molecule has 2 heterocycles. The summed E-state index contributed by atoms with van der Waals surface area (Å²) in [5.74, 6) is 0.105. The van der Waals surface area contributed by atoms with Gasteiger partial charge in [0.05, 0.1) is 26.8 Å². The lowest BCUT2D eigenvalue weighted by Crippen LogP contribution is -2.60. The van der Waals surface area contributed by atoms with Gasteiger partial charge in [-0.1, -0.05) is 6.55 Å². The lowest BCUT2D eigenvalue weighted by molar-refractivity contribution is -0.0371. The van der Waals surface area contributed by atoms with Crippen molar-refractivity contribution < 1.29 is 18.7 Å². The van der Waals surface area contributed by atoms with Crippen LogP contribution < -0.4 is 15.0 Å². The highest BCUT2D eigenvalue weighted by Gasteiger charge is 2.45. The second-order valence-corrected chi connectivity index (χ2v) is 14.0. The highest BCUT2D eigenvalue weighted by molar-refractivity contribution is 7.04. The van der Waals surface area contributed by atoms with Crippen LogP contribution in [0.2, 0.25) is 6.55 Å². The van der Waals surface area contributed by atoms with Crippen molar-refractivity contribution in [3.8, 4) is 5.75 Å². The quantitative estimate of drug-likeness (QED) is 0.614. The van der Waals surface area contributed by atoms with Crippen LogP contribution in [0.5, 0.6) is 5.75 Å². The standard InChI is InChI=1S/C24H30FN3O3Si2/c1-16-14-28(15-23(2,31-16)33(4)32)19-7-10-26-20(12-19)22(29)27-24(8-9-24)13-17-11-18(25)5-6-21(17)30-3/h5-7,10-12,16H,8-9,13-15H2,1-4H3,(H,27,29)/t16-,23-/m0/s1. The summed E-state index contributed by atoms with van der Waals surface area (Å²) in [5.41, 5.74) is 1.71. The van der Waals surface area contributed by atoms with E-state index in [1.54, 1.807) is 19.4 Å². The summed E-state index contributed by atoms with van der Waals surface area (Å²) in [6.45, 7) is 7.91. The van der Waals surface area contributed by atoms with Gasteiger partial charge in [-0.3, -0.25) is 9.78 Å². The molecule has 0 spiro atoms. The number of benzene rings is 1. The molecule has 2 aliphatic rings. The number of rotatable bonds is 7. The number of aromatic nitrogens is 1. The molecule has 1 aliphatic heterocycles. The molecule has 1 saturated heterocycles. The lowest BCUT2D eigenvalue weighted by Gasteiger charge is -2.46. The molecule has 9 heteroatoms. The number of hydrogen-bond donors (Lipinski definition) is 1. The summed E-state index contributed by atoms with van der Waals surface area (Å²) in [6.07, 6.45) is 3.96. The molecule has 1 aliphatic carbocycles. The normalized spacial score (nSPS) is 24.0. The number of carbonyl (C=O) groups excluding carboxylic acids is 1. The van der Waals surface area contributed by atoms with Crippen LogP contribution in [-0.2, 0) is 11.2 Å². The van der Waals surface area contributed by atoms with Crippen LogP contribution in [0, 0.1) is 5.82 Å². The van der Waals surface area contributed by atoms with Crippen LogP contribution in [0.3, 0.4) is 0 Å². The number of methoxy groups -OCH3 is 1. The molecule has 4 rings (SSSR count). The maximum atomic E-state index is 13.8. The zero-order valence-corrected chi connectivity index (χ0v) is 21.6. The first-order valence-corrected chi connectivity index (χ1v) is 14.7. The summed E-state index contributed by atoms with van der Waals surface area (Å²) in [7, 11) is 4.53. The Kier molecular flexibility index (Phi) is 6.66. The van der Waals surface area contributed by atoms with Crippen LogP contribution >= 0.6 is 0 Å². The Bertz CT molecular complexity index is 1030. The fraction of sp³-hybridized carbons (Fsp3) is 0.500. The molecule has 1 aromatic heterocycles. The third-order valence-electron chi connectivity index (χ3n) is 6.57. The molecule has 0 bridgehead atoms. The molecule has 1 saturated carbocycles. The minimum Gasteiger partial charge on any atom is -0.496 e. The SMILES string of the molecule is COc1ccc(F)cc1CC1(NC(=O)c2cc(N3C[C@H](C)O[C@@](C)([Si](C)[Si])C3)ccn2)CC1. The molecule has 4 radical (unpaired) electrons. The second-order valence-electron chi connectivity index (χ2n) is 9.43. The summed E-state index contributed by atoms with van der Waals surface area (Å²) in [6, 6.07) is 8.28. The fourth-order valence-electron chi connectivity index (χ4n) is 4.45. The first-order chi connectivity index (χ1) is 15.6. The van der Waals surface area contributed by atoms with Gasteiger partial charge in [0.2, 0.25) is 0 Å². The maximum absolute atomic E-state index is 13.8. The smallest absolute Gasteiger partial charge is 0.270 e. The average molecular weight is 484 g/mol. The molecule has 0 unspecified atom stereocenters. The van der Waals surface area contributed by atoms with Gasteiger partial charge in [0.25, 0.3) is 5.91 Å². The Morgan fingerprint density at radius 1 is 1.39 bits per heavy atom. The van der Waals surface area contributed by atoms with Crippen molar-refractivity contribution in [3.63, 3.8) is 0 Å². The van der Waals surface area contributed by atoms with Gasteiger partial charge < -0.3 is 19.7 Å². The number of pyridine rings is 1. The van der Waals surface area contributed by atoms with Crippen molar-refractivity contribution in [1.29, 1.82) is 0 Å². The Balaban J connectivity index is 1.49. The van der Waals surface area contributed by atoms with Crippen molar-refractivity contribution in [2.45, 2.75) is 56.5 Å². The van der Waals surface area contributed by atoms with Crippen LogP contribution in [0.15, 0.2) is 36.5 Å². The van der Waals surface area contributed by atoms with Crippen LogP contribution in [0.1, 0.15) is 42.7 Å². The van der Waals surface area contributed by atoms with Gasteiger partial charge in [-0.25, -0.2) is 4.39 Å². The lowest BCUT2D eigenvalue weighted by atomic mass is 10.0. The first-order valence-electron chi connectivity index (χ1n) is 11.2. The topological polar surface area (TPSA) is 63.7 Å². The van der Waals surface area contributed by atoms with Gasteiger partial charge in [-0.05, 0) is 69.0 Å². The van der Waals surface area contributed by atoms with Crippen molar-refractivity contribution in [1.82, 2.24) is 10.3 Å². The van der Waals surface area contributed by atoms with E-state index in [0.29, 0.717) is 17.9 Å². The number of ether oxygens (including phenoxy) is 2. The van der Waals surface area contributed by atoms with Gasteiger partial charge in [-0.15, -0.1) is 0 Å². The predicted octanol–water partition coefficient (Wildman–Crippen LogP) is 3.05. The van der Waals surface area contributed by atoms with Gasteiger partial charge in [-0.2, -0.15) is 0 Å². The summed E-state index contributed by atoms with van der Waals surface area (Å²) in [4.78, 5) is 19.7. The van der Waals surface area contributed by atoms with Crippen LogP contribution in [0.25, 0.3) is 0 Å². The highest BCUT2D eigenvalue weighted by Crippen LogP contribution is 2.41.